The highest BCUT2D eigenvalue weighted by Gasteiger charge is 2.44. The van der Waals surface area contributed by atoms with E-state index in [9.17, 15) is 14.7 Å². The maximum Gasteiger partial charge on any atom is 0.411 e. The Labute approximate surface area is 117 Å². The van der Waals surface area contributed by atoms with E-state index in [1.807, 2.05) is 30.3 Å². The minimum atomic E-state index is -1.27. The second kappa shape index (κ2) is 5.92. The third-order valence-electron chi connectivity index (χ3n) is 3.46. The van der Waals surface area contributed by atoms with Crippen LogP contribution in [0.4, 0.5) is 4.79 Å². The zero-order valence-corrected chi connectivity index (χ0v) is 11.3. The number of nitrogens with one attached hydrogen (secondary N) is 1. The molecule has 20 heavy (non-hydrogen) atoms. The Balaban J connectivity index is 2.02. The summed E-state index contributed by atoms with van der Waals surface area (Å²) in [5.74, 6) is -1.04. The summed E-state index contributed by atoms with van der Waals surface area (Å²) in [5.41, 5.74) is -0.403. The minimum absolute atomic E-state index is 0.138. The Bertz CT molecular complexity index is 491. The van der Waals surface area contributed by atoms with Crippen molar-refractivity contribution >= 4 is 12.1 Å². The van der Waals surface area contributed by atoms with Crippen LogP contribution in [0.5, 0.6) is 0 Å². The molecular formula is C14H18N2O4. The van der Waals surface area contributed by atoms with Crippen molar-refractivity contribution in [3.63, 3.8) is 0 Å². The lowest BCUT2D eigenvalue weighted by Gasteiger charge is -2.40. The number of carbonyl (C=O) groups excluding carboxylic acids is 1. The number of hydrogen-bond acceptors (Lipinski definition) is 4. The van der Waals surface area contributed by atoms with E-state index in [-0.39, 0.29) is 13.2 Å². The summed E-state index contributed by atoms with van der Waals surface area (Å²) in [6.45, 7) is 2.74. The van der Waals surface area contributed by atoms with Gasteiger partial charge in [0, 0.05) is 19.6 Å². The number of carbonyl (C=O) groups is 2. The predicted octanol–water partition coefficient (Wildman–Crippen LogP) is 1.07. The van der Waals surface area contributed by atoms with Gasteiger partial charge in [0.25, 0.3) is 0 Å². The van der Waals surface area contributed by atoms with Crippen LogP contribution in [-0.4, -0.2) is 47.2 Å². The first kappa shape index (κ1) is 14.3. The molecule has 0 unspecified atom stereocenters. The van der Waals surface area contributed by atoms with Crippen LogP contribution in [0.15, 0.2) is 30.3 Å². The summed E-state index contributed by atoms with van der Waals surface area (Å²) in [7, 11) is 0. The van der Waals surface area contributed by atoms with Gasteiger partial charge in [0.1, 0.15) is 6.61 Å². The molecule has 1 aromatic rings. The van der Waals surface area contributed by atoms with Crippen molar-refractivity contribution < 1.29 is 19.4 Å². The highest BCUT2D eigenvalue weighted by atomic mass is 16.6. The predicted molar refractivity (Wildman–Crippen MR) is 72.2 cm³/mol. The number of nitrogens with zero attached hydrogens (tertiary/aromatic N) is 1. The minimum Gasteiger partial charge on any atom is -0.479 e. The van der Waals surface area contributed by atoms with Crippen molar-refractivity contribution in [2.24, 2.45) is 0 Å². The third-order valence-corrected chi connectivity index (χ3v) is 3.46. The van der Waals surface area contributed by atoms with Crippen LogP contribution in [-0.2, 0) is 16.1 Å². The zero-order chi connectivity index (χ0) is 14.6. The molecule has 2 rings (SSSR count). The molecule has 6 nitrogen and oxygen atoms in total. The molecule has 6 heteroatoms. The van der Waals surface area contributed by atoms with Gasteiger partial charge >= 0.3 is 12.1 Å². The number of aliphatic carboxylic acids is 1. The fraction of sp³-hybridized carbons (Fsp3) is 0.429. The Morgan fingerprint density at radius 3 is 2.75 bits per heavy atom. The summed E-state index contributed by atoms with van der Waals surface area (Å²) >= 11 is 0. The number of piperazine rings is 1. The fourth-order valence-corrected chi connectivity index (χ4v) is 2.15. The van der Waals surface area contributed by atoms with E-state index < -0.39 is 17.6 Å². The molecule has 1 atom stereocenters. The average Bonchev–Trinajstić information content (AvgIpc) is 2.46. The standard InChI is InChI=1S/C14H18N2O4/c1-14(12(17)18)10-15-7-8-16(14)13(19)20-9-11-5-3-2-4-6-11/h2-6,15H,7-10H2,1H3,(H,17,18)/t14-/m1/s1. The van der Waals surface area contributed by atoms with Crippen molar-refractivity contribution in [3.05, 3.63) is 35.9 Å². The molecule has 1 amide bonds. The van der Waals surface area contributed by atoms with Crippen molar-refractivity contribution in [2.75, 3.05) is 19.6 Å². The second-order valence-corrected chi connectivity index (χ2v) is 4.95. The van der Waals surface area contributed by atoms with Gasteiger partial charge in [0.15, 0.2) is 5.54 Å². The Morgan fingerprint density at radius 2 is 2.10 bits per heavy atom. The molecule has 0 bridgehead atoms. The van der Waals surface area contributed by atoms with Crippen molar-refractivity contribution in [3.8, 4) is 0 Å². The van der Waals surface area contributed by atoms with Gasteiger partial charge in [-0.3, -0.25) is 4.90 Å². The van der Waals surface area contributed by atoms with Crippen LogP contribution < -0.4 is 5.32 Å². The highest BCUT2D eigenvalue weighted by Crippen LogP contribution is 2.19. The average molecular weight is 278 g/mol. The number of ether oxygens (including phenoxy) is 1. The molecule has 108 valence electrons. The lowest BCUT2D eigenvalue weighted by atomic mass is 9.98. The SMILES string of the molecule is C[C@]1(C(=O)O)CNCCN1C(=O)OCc1ccccc1. The Kier molecular flexibility index (Phi) is 4.24. The molecule has 1 aromatic carbocycles. The maximum absolute atomic E-state index is 12.1. The van der Waals surface area contributed by atoms with Crippen molar-refractivity contribution in [1.82, 2.24) is 10.2 Å². The molecule has 1 heterocycles. The molecular weight excluding hydrogens is 260 g/mol. The van der Waals surface area contributed by atoms with Crippen molar-refractivity contribution in [1.29, 1.82) is 0 Å². The number of carboxylic acids is 1. The molecule has 1 aliphatic rings. The number of rotatable bonds is 3. The summed E-state index contributed by atoms with van der Waals surface area (Å²) in [6, 6.07) is 9.29. The van der Waals surface area contributed by atoms with Gasteiger partial charge in [0.2, 0.25) is 0 Å². The van der Waals surface area contributed by atoms with Crippen LogP contribution in [0.25, 0.3) is 0 Å². The number of hydrogen-bond donors (Lipinski definition) is 2. The quantitative estimate of drug-likeness (QED) is 0.864. The summed E-state index contributed by atoms with van der Waals surface area (Å²) in [6.07, 6.45) is -0.597. The van der Waals surface area contributed by atoms with Gasteiger partial charge in [0.05, 0.1) is 0 Å². The van der Waals surface area contributed by atoms with Gasteiger partial charge in [-0.15, -0.1) is 0 Å². The van der Waals surface area contributed by atoms with E-state index in [0.29, 0.717) is 13.1 Å². The van der Waals surface area contributed by atoms with Gasteiger partial charge in [-0.1, -0.05) is 30.3 Å². The lowest BCUT2D eigenvalue weighted by Crippen LogP contribution is -2.65. The molecule has 0 aliphatic carbocycles. The number of benzene rings is 1. The van der Waals surface area contributed by atoms with E-state index in [1.54, 1.807) is 0 Å². The topological polar surface area (TPSA) is 78.9 Å². The van der Waals surface area contributed by atoms with Gasteiger partial charge in [-0.2, -0.15) is 0 Å². The van der Waals surface area contributed by atoms with Crippen LogP contribution in [0.3, 0.4) is 0 Å². The third kappa shape index (κ3) is 2.91. The zero-order valence-electron chi connectivity index (χ0n) is 11.3. The van der Waals surface area contributed by atoms with Gasteiger partial charge in [-0.05, 0) is 12.5 Å². The van der Waals surface area contributed by atoms with E-state index in [0.717, 1.165) is 5.56 Å². The molecule has 1 aliphatic heterocycles. The Morgan fingerprint density at radius 1 is 1.40 bits per heavy atom. The first-order valence-corrected chi connectivity index (χ1v) is 6.46. The van der Waals surface area contributed by atoms with E-state index in [4.69, 9.17) is 4.74 Å². The van der Waals surface area contributed by atoms with Gasteiger partial charge in [-0.25, -0.2) is 9.59 Å². The summed E-state index contributed by atoms with van der Waals surface area (Å²) in [5, 5.41) is 12.3. The Hall–Kier alpha value is -2.08. The van der Waals surface area contributed by atoms with Crippen molar-refractivity contribution in [2.45, 2.75) is 19.1 Å². The molecule has 0 radical (unpaired) electrons. The van der Waals surface area contributed by atoms with E-state index in [1.165, 1.54) is 11.8 Å². The molecule has 0 saturated carbocycles. The normalized spacial score (nSPS) is 22.4. The molecule has 2 N–H and O–H groups in total. The molecule has 0 aromatic heterocycles. The van der Waals surface area contributed by atoms with E-state index in [2.05, 4.69) is 5.32 Å². The largest absolute Gasteiger partial charge is 0.479 e. The van der Waals surface area contributed by atoms with Crippen LogP contribution in [0.1, 0.15) is 12.5 Å². The molecule has 1 fully saturated rings. The summed E-state index contributed by atoms with van der Waals surface area (Å²) in [4.78, 5) is 24.8. The van der Waals surface area contributed by atoms with E-state index >= 15 is 0 Å². The monoisotopic (exact) mass is 278 g/mol. The summed E-state index contributed by atoms with van der Waals surface area (Å²) < 4.78 is 5.21. The number of carboxylic acid groups (broad SMARTS) is 1. The first-order chi connectivity index (χ1) is 9.54. The maximum atomic E-state index is 12.1. The van der Waals surface area contributed by atoms with Crippen LogP contribution in [0, 0.1) is 0 Å². The number of amides is 1. The lowest BCUT2D eigenvalue weighted by molar-refractivity contribution is -0.150. The second-order valence-electron chi connectivity index (χ2n) is 4.95. The highest BCUT2D eigenvalue weighted by molar-refractivity contribution is 5.84. The van der Waals surface area contributed by atoms with Gasteiger partial charge < -0.3 is 15.2 Å². The van der Waals surface area contributed by atoms with Crippen LogP contribution >= 0.6 is 0 Å². The molecule has 1 saturated heterocycles. The van der Waals surface area contributed by atoms with Crippen LogP contribution in [0.2, 0.25) is 0 Å². The molecule has 0 spiro atoms. The first-order valence-electron chi connectivity index (χ1n) is 6.46. The fourth-order valence-electron chi connectivity index (χ4n) is 2.15. The smallest absolute Gasteiger partial charge is 0.411 e.